The molecule has 27 heavy (non-hydrogen) atoms. The number of amides is 1. The van der Waals surface area contributed by atoms with Gasteiger partial charge in [-0.1, -0.05) is 12.1 Å². The molecule has 4 nitrogen and oxygen atoms in total. The largest absolute Gasteiger partial charge is 0.351 e. The fourth-order valence-electron chi connectivity index (χ4n) is 7.81. The van der Waals surface area contributed by atoms with Crippen LogP contribution in [0.4, 0.5) is 5.69 Å². The van der Waals surface area contributed by atoms with E-state index >= 15 is 0 Å². The van der Waals surface area contributed by atoms with E-state index in [0.29, 0.717) is 5.54 Å². The molecule has 1 N–H and O–H groups in total. The molecule has 0 unspecified atom stereocenters. The first-order valence-electron chi connectivity index (χ1n) is 11.0. The van der Waals surface area contributed by atoms with Crippen molar-refractivity contribution in [1.82, 2.24) is 10.2 Å². The van der Waals surface area contributed by atoms with Crippen molar-refractivity contribution in [3.8, 4) is 0 Å². The molecule has 4 saturated carbocycles. The number of hydrogen-bond acceptors (Lipinski definition) is 3. The minimum atomic E-state index is -0.204. The summed E-state index contributed by atoms with van der Waals surface area (Å²) in [6, 6.07) is 8.05. The van der Waals surface area contributed by atoms with Crippen molar-refractivity contribution in [3.05, 3.63) is 29.8 Å². The van der Waals surface area contributed by atoms with E-state index in [1.54, 1.807) is 0 Å². The smallest absolute Gasteiger partial charge is 0.255 e. The van der Waals surface area contributed by atoms with Gasteiger partial charge < -0.3 is 10.2 Å². The van der Waals surface area contributed by atoms with Crippen LogP contribution in [0.2, 0.25) is 0 Å². The predicted molar refractivity (Wildman–Crippen MR) is 107 cm³/mol. The molecule has 7 rings (SSSR count). The first-order chi connectivity index (χ1) is 13.1. The van der Waals surface area contributed by atoms with E-state index in [9.17, 15) is 4.79 Å². The summed E-state index contributed by atoms with van der Waals surface area (Å²) in [4.78, 5) is 18.0. The van der Waals surface area contributed by atoms with Gasteiger partial charge in [-0.3, -0.25) is 9.69 Å². The average molecular weight is 366 g/mol. The molecule has 4 bridgehead atoms. The van der Waals surface area contributed by atoms with Crippen LogP contribution in [0, 0.1) is 17.8 Å². The van der Waals surface area contributed by atoms with Crippen molar-refractivity contribution < 1.29 is 4.79 Å². The standard InChI is InChI=1S/C23H31N3O/c1-25-20-5-3-2-4-19(20)21(27)24-23(25)6-8-26(9-7-23)22-13-16-10-17(14-22)12-18(11-16)15-22/h2-5,16-18H,6-15H2,1H3,(H,24,27). The number of fused-ring (bicyclic) bond motifs is 1. The molecule has 5 fully saturated rings. The van der Waals surface area contributed by atoms with Crippen LogP contribution in [0.3, 0.4) is 0 Å². The quantitative estimate of drug-likeness (QED) is 0.825. The van der Waals surface area contributed by atoms with E-state index in [0.717, 1.165) is 54.9 Å². The molecule has 0 aromatic heterocycles. The Bertz CT molecular complexity index is 744. The highest BCUT2D eigenvalue weighted by atomic mass is 16.2. The van der Waals surface area contributed by atoms with Crippen molar-refractivity contribution in [2.75, 3.05) is 25.0 Å². The molecule has 144 valence electrons. The summed E-state index contributed by atoms with van der Waals surface area (Å²) in [5.74, 6) is 3.09. The van der Waals surface area contributed by atoms with Gasteiger partial charge in [-0.2, -0.15) is 0 Å². The summed E-state index contributed by atoms with van der Waals surface area (Å²) in [5, 5.41) is 3.39. The molecule has 4 heteroatoms. The van der Waals surface area contributed by atoms with Gasteiger partial charge in [0, 0.05) is 38.5 Å². The zero-order valence-corrected chi connectivity index (χ0v) is 16.4. The van der Waals surface area contributed by atoms with Crippen LogP contribution in [0.5, 0.6) is 0 Å². The highest BCUT2D eigenvalue weighted by Crippen LogP contribution is 2.58. The maximum Gasteiger partial charge on any atom is 0.255 e. The Hall–Kier alpha value is -1.55. The third kappa shape index (κ3) is 2.28. The summed E-state index contributed by atoms with van der Waals surface area (Å²) in [6.45, 7) is 2.25. The first kappa shape index (κ1) is 16.4. The van der Waals surface area contributed by atoms with Crippen molar-refractivity contribution in [2.24, 2.45) is 17.8 Å². The van der Waals surface area contributed by atoms with Gasteiger partial charge in [0.2, 0.25) is 0 Å². The van der Waals surface area contributed by atoms with E-state index in [4.69, 9.17) is 0 Å². The SMILES string of the molecule is CN1c2ccccc2C(=O)NC12CCN(C13CC4CC(CC(C4)C1)C3)CC2. The Morgan fingerprint density at radius 3 is 2.19 bits per heavy atom. The second kappa shape index (κ2) is 5.50. The molecular formula is C23H31N3O. The lowest BCUT2D eigenvalue weighted by molar-refractivity contribution is -0.101. The van der Waals surface area contributed by atoms with Crippen LogP contribution < -0.4 is 10.2 Å². The summed E-state index contributed by atoms with van der Waals surface area (Å²) < 4.78 is 0. The van der Waals surface area contributed by atoms with Crippen LogP contribution >= 0.6 is 0 Å². The molecule has 0 radical (unpaired) electrons. The topological polar surface area (TPSA) is 35.6 Å². The van der Waals surface area contributed by atoms with Crippen molar-refractivity contribution in [1.29, 1.82) is 0 Å². The van der Waals surface area contributed by atoms with Gasteiger partial charge in [-0.15, -0.1) is 0 Å². The highest BCUT2D eigenvalue weighted by Gasteiger charge is 2.55. The fraction of sp³-hybridized carbons (Fsp3) is 0.696. The van der Waals surface area contributed by atoms with Crippen LogP contribution in [-0.2, 0) is 0 Å². The molecule has 2 heterocycles. The number of carbonyl (C=O) groups excluding carboxylic acids is 1. The zero-order valence-electron chi connectivity index (χ0n) is 16.4. The monoisotopic (exact) mass is 365 g/mol. The highest BCUT2D eigenvalue weighted by molar-refractivity contribution is 6.02. The molecule has 1 aromatic rings. The van der Waals surface area contributed by atoms with Crippen molar-refractivity contribution >= 4 is 11.6 Å². The summed E-state index contributed by atoms with van der Waals surface area (Å²) >= 11 is 0. The minimum Gasteiger partial charge on any atom is -0.351 e. The maximum absolute atomic E-state index is 12.8. The molecule has 6 aliphatic rings. The maximum atomic E-state index is 12.8. The second-order valence-corrected chi connectivity index (χ2v) is 10.2. The first-order valence-corrected chi connectivity index (χ1v) is 11.0. The molecule has 2 aliphatic heterocycles. The van der Waals surface area contributed by atoms with Crippen LogP contribution in [-0.4, -0.2) is 42.1 Å². The number of carbonyl (C=O) groups is 1. The number of benzene rings is 1. The van der Waals surface area contributed by atoms with Gasteiger partial charge in [0.05, 0.1) is 11.3 Å². The average Bonchev–Trinajstić information content (AvgIpc) is 2.66. The zero-order chi connectivity index (χ0) is 18.2. The van der Waals surface area contributed by atoms with Gasteiger partial charge in [-0.25, -0.2) is 0 Å². The van der Waals surface area contributed by atoms with Crippen molar-refractivity contribution in [2.45, 2.75) is 62.6 Å². The number of piperidine rings is 1. The lowest BCUT2D eigenvalue weighted by Gasteiger charge is -2.63. The number of likely N-dealkylation sites (tertiary alicyclic amines) is 1. The van der Waals surface area contributed by atoms with Crippen LogP contribution in [0.15, 0.2) is 24.3 Å². The summed E-state index contributed by atoms with van der Waals surface area (Å²) in [7, 11) is 2.17. The second-order valence-electron chi connectivity index (χ2n) is 10.2. The van der Waals surface area contributed by atoms with Gasteiger partial charge in [0.15, 0.2) is 0 Å². The third-order valence-corrected chi connectivity index (χ3v) is 8.77. The Balaban J connectivity index is 1.24. The van der Waals surface area contributed by atoms with Crippen molar-refractivity contribution in [3.63, 3.8) is 0 Å². The molecular weight excluding hydrogens is 334 g/mol. The Labute approximate surface area is 162 Å². The van der Waals surface area contributed by atoms with Crippen LogP contribution in [0.25, 0.3) is 0 Å². The third-order valence-electron chi connectivity index (χ3n) is 8.77. The van der Waals surface area contributed by atoms with Gasteiger partial charge in [0.25, 0.3) is 5.91 Å². The van der Waals surface area contributed by atoms with Crippen LogP contribution in [0.1, 0.15) is 61.7 Å². The predicted octanol–water partition coefficient (Wildman–Crippen LogP) is 3.63. The minimum absolute atomic E-state index is 0.104. The molecule has 0 atom stereocenters. The molecule has 4 aliphatic carbocycles. The number of para-hydroxylation sites is 1. The van der Waals surface area contributed by atoms with Gasteiger partial charge in [-0.05, 0) is 68.4 Å². The number of nitrogens with one attached hydrogen (secondary N) is 1. The summed E-state index contributed by atoms with van der Waals surface area (Å²) in [6.07, 6.45) is 10.9. The normalized spacial score (nSPS) is 39.5. The van der Waals surface area contributed by atoms with E-state index < -0.39 is 0 Å². The number of rotatable bonds is 1. The van der Waals surface area contributed by atoms with Gasteiger partial charge in [0.1, 0.15) is 5.66 Å². The molecule has 1 amide bonds. The Morgan fingerprint density at radius 2 is 1.56 bits per heavy atom. The number of anilines is 1. The number of nitrogens with zero attached hydrogens (tertiary/aromatic N) is 2. The van der Waals surface area contributed by atoms with E-state index in [-0.39, 0.29) is 11.6 Å². The Morgan fingerprint density at radius 1 is 0.963 bits per heavy atom. The van der Waals surface area contributed by atoms with E-state index in [2.05, 4.69) is 28.2 Å². The Kier molecular flexibility index (Phi) is 3.34. The number of hydrogen-bond donors (Lipinski definition) is 1. The van der Waals surface area contributed by atoms with Gasteiger partial charge >= 0.3 is 0 Å². The summed E-state index contributed by atoms with van der Waals surface area (Å²) in [5.41, 5.74) is 2.19. The molecule has 1 spiro atoms. The molecule has 1 saturated heterocycles. The lowest BCUT2D eigenvalue weighted by Crippen LogP contribution is -2.70. The van der Waals surface area contributed by atoms with E-state index in [1.165, 1.54) is 38.5 Å². The fourth-order valence-corrected chi connectivity index (χ4v) is 7.81. The lowest BCUT2D eigenvalue weighted by atomic mass is 9.52. The molecule has 1 aromatic carbocycles. The van der Waals surface area contributed by atoms with E-state index in [1.807, 2.05) is 18.2 Å².